The van der Waals surface area contributed by atoms with E-state index in [1.807, 2.05) is 0 Å². The Labute approximate surface area is 71.0 Å². The number of fused-ring (bicyclic) bond motifs is 2. The highest BCUT2D eigenvalue weighted by Crippen LogP contribution is 2.43. The normalized spacial score (nSPS) is 45.2. The van der Waals surface area contributed by atoms with Gasteiger partial charge in [-0.2, -0.15) is 0 Å². The average Bonchev–Trinajstić information content (AvgIpc) is 2.32. The molecule has 0 aromatic rings. The van der Waals surface area contributed by atoms with Crippen molar-refractivity contribution in [2.75, 3.05) is 13.2 Å². The van der Waals surface area contributed by atoms with Gasteiger partial charge in [0.05, 0.1) is 19.0 Å². The molecule has 0 saturated carbocycles. The van der Waals surface area contributed by atoms with Crippen LogP contribution >= 0.6 is 0 Å². The summed E-state index contributed by atoms with van der Waals surface area (Å²) in [4.78, 5) is 0. The highest BCUT2D eigenvalue weighted by Gasteiger charge is 2.44. The molecule has 66 valence electrons. The molecular formula is C9H12O3. The van der Waals surface area contributed by atoms with Crippen molar-refractivity contribution in [3.8, 4) is 0 Å². The molecule has 2 saturated heterocycles. The maximum Gasteiger partial charge on any atom is 0.164 e. The Balaban J connectivity index is 2.10. The lowest BCUT2D eigenvalue weighted by Gasteiger charge is -2.21. The fourth-order valence-corrected chi connectivity index (χ4v) is 2.45. The summed E-state index contributed by atoms with van der Waals surface area (Å²) >= 11 is 0. The van der Waals surface area contributed by atoms with Crippen LogP contribution in [-0.2, 0) is 9.47 Å². The van der Waals surface area contributed by atoms with E-state index in [0.29, 0.717) is 24.9 Å². The molecule has 0 radical (unpaired) electrons. The number of hydrogen-bond donors (Lipinski definition) is 1. The third-order valence-corrected chi connectivity index (χ3v) is 3.18. The van der Waals surface area contributed by atoms with Crippen LogP contribution in [0.15, 0.2) is 11.3 Å². The van der Waals surface area contributed by atoms with Gasteiger partial charge in [0.2, 0.25) is 0 Å². The Kier molecular flexibility index (Phi) is 1.29. The molecule has 0 amide bonds. The zero-order chi connectivity index (χ0) is 8.13. The van der Waals surface area contributed by atoms with Crippen molar-refractivity contribution >= 4 is 0 Å². The topological polar surface area (TPSA) is 38.7 Å². The third-order valence-electron chi connectivity index (χ3n) is 3.18. The SMILES string of the molecule is OC1=C2COC3OCC1CCC23. The molecule has 3 nitrogen and oxygen atoms in total. The van der Waals surface area contributed by atoms with Crippen LogP contribution in [0.4, 0.5) is 0 Å². The van der Waals surface area contributed by atoms with E-state index in [0.717, 1.165) is 18.4 Å². The summed E-state index contributed by atoms with van der Waals surface area (Å²) < 4.78 is 10.9. The summed E-state index contributed by atoms with van der Waals surface area (Å²) in [5.41, 5.74) is 1.11. The van der Waals surface area contributed by atoms with Crippen molar-refractivity contribution in [1.29, 1.82) is 0 Å². The molecule has 1 aliphatic carbocycles. The summed E-state index contributed by atoms with van der Waals surface area (Å²) in [6.07, 6.45) is 2.11. The number of aliphatic hydroxyl groups excluding tert-OH is 1. The molecule has 3 heteroatoms. The Bertz CT molecular complexity index is 246. The van der Waals surface area contributed by atoms with Crippen molar-refractivity contribution in [3.05, 3.63) is 11.3 Å². The molecule has 0 aromatic heterocycles. The maximum absolute atomic E-state index is 9.79. The second-order valence-electron chi connectivity index (χ2n) is 3.80. The predicted octanol–water partition coefficient (Wildman–Crippen LogP) is 1.21. The van der Waals surface area contributed by atoms with E-state index < -0.39 is 0 Å². The first-order valence-electron chi connectivity index (χ1n) is 4.51. The smallest absolute Gasteiger partial charge is 0.164 e. The standard InChI is InChI=1S/C9H12O3/c10-8-5-1-2-6-7(8)4-12-9(6)11-3-5/h5-6,9-10H,1-4H2. The molecular weight excluding hydrogens is 156 g/mol. The van der Waals surface area contributed by atoms with E-state index in [9.17, 15) is 5.11 Å². The molecule has 0 spiro atoms. The van der Waals surface area contributed by atoms with Crippen molar-refractivity contribution in [1.82, 2.24) is 0 Å². The molecule has 12 heavy (non-hydrogen) atoms. The van der Waals surface area contributed by atoms with Gasteiger partial charge in [0.25, 0.3) is 0 Å². The van der Waals surface area contributed by atoms with Crippen LogP contribution in [0.25, 0.3) is 0 Å². The molecule has 1 N–H and O–H groups in total. The highest BCUT2D eigenvalue weighted by atomic mass is 16.7. The second kappa shape index (κ2) is 2.24. The average molecular weight is 168 g/mol. The van der Waals surface area contributed by atoms with Crippen molar-refractivity contribution < 1.29 is 14.6 Å². The lowest BCUT2D eigenvalue weighted by molar-refractivity contribution is -0.128. The summed E-state index contributed by atoms with van der Waals surface area (Å²) in [6.45, 7) is 1.22. The molecule has 4 rings (SSSR count). The molecule has 2 fully saturated rings. The Hall–Kier alpha value is -0.540. The minimum absolute atomic E-state index is 0.0605. The van der Waals surface area contributed by atoms with Crippen molar-refractivity contribution in [2.45, 2.75) is 19.1 Å². The van der Waals surface area contributed by atoms with Gasteiger partial charge in [0.1, 0.15) is 0 Å². The molecule has 0 aromatic carbocycles. The van der Waals surface area contributed by atoms with Crippen LogP contribution in [0.3, 0.4) is 0 Å². The van der Waals surface area contributed by atoms with Gasteiger partial charge in [-0.05, 0) is 12.8 Å². The van der Waals surface area contributed by atoms with Crippen LogP contribution in [0.2, 0.25) is 0 Å². The van der Waals surface area contributed by atoms with Crippen LogP contribution in [-0.4, -0.2) is 24.6 Å². The predicted molar refractivity (Wildman–Crippen MR) is 41.6 cm³/mol. The summed E-state index contributed by atoms with van der Waals surface area (Å²) in [7, 11) is 0. The highest BCUT2D eigenvalue weighted by molar-refractivity contribution is 5.22. The minimum Gasteiger partial charge on any atom is -0.512 e. The molecule has 4 aliphatic rings. The van der Waals surface area contributed by atoms with Gasteiger partial charge in [-0.3, -0.25) is 0 Å². The monoisotopic (exact) mass is 168 g/mol. The number of rotatable bonds is 0. The molecule has 3 unspecified atom stereocenters. The van der Waals surface area contributed by atoms with Crippen LogP contribution in [0.1, 0.15) is 12.8 Å². The van der Waals surface area contributed by atoms with Gasteiger partial charge in [-0.1, -0.05) is 0 Å². The third kappa shape index (κ3) is 0.730. The fraction of sp³-hybridized carbons (Fsp3) is 0.778. The van der Waals surface area contributed by atoms with Gasteiger partial charge < -0.3 is 14.6 Å². The first kappa shape index (κ1) is 6.92. The van der Waals surface area contributed by atoms with Gasteiger partial charge in [0.15, 0.2) is 6.29 Å². The van der Waals surface area contributed by atoms with Crippen LogP contribution in [0.5, 0.6) is 0 Å². The zero-order valence-corrected chi connectivity index (χ0v) is 6.82. The van der Waals surface area contributed by atoms with Crippen molar-refractivity contribution in [2.24, 2.45) is 11.8 Å². The fourth-order valence-electron chi connectivity index (χ4n) is 2.45. The zero-order valence-electron chi connectivity index (χ0n) is 6.82. The van der Waals surface area contributed by atoms with E-state index in [1.54, 1.807) is 0 Å². The van der Waals surface area contributed by atoms with Crippen LogP contribution in [0, 0.1) is 11.8 Å². The van der Waals surface area contributed by atoms with Gasteiger partial charge >= 0.3 is 0 Å². The number of ether oxygens (including phenoxy) is 2. The Morgan fingerprint density at radius 3 is 3.08 bits per heavy atom. The lowest BCUT2D eigenvalue weighted by Crippen LogP contribution is -2.18. The van der Waals surface area contributed by atoms with E-state index in [2.05, 4.69) is 0 Å². The van der Waals surface area contributed by atoms with Crippen molar-refractivity contribution in [3.63, 3.8) is 0 Å². The maximum atomic E-state index is 9.79. The molecule has 3 heterocycles. The number of hydrogen-bond acceptors (Lipinski definition) is 3. The second-order valence-corrected chi connectivity index (χ2v) is 3.80. The van der Waals surface area contributed by atoms with E-state index in [1.165, 1.54) is 0 Å². The molecule has 3 aliphatic heterocycles. The lowest BCUT2D eigenvalue weighted by atomic mass is 9.83. The largest absolute Gasteiger partial charge is 0.512 e. The molecule has 3 atom stereocenters. The van der Waals surface area contributed by atoms with Gasteiger partial charge in [0, 0.05) is 17.4 Å². The first-order chi connectivity index (χ1) is 5.86. The minimum atomic E-state index is -0.0605. The Morgan fingerprint density at radius 1 is 1.25 bits per heavy atom. The van der Waals surface area contributed by atoms with E-state index in [4.69, 9.17) is 9.47 Å². The van der Waals surface area contributed by atoms with Gasteiger partial charge in [-0.15, -0.1) is 0 Å². The summed E-state index contributed by atoms with van der Waals surface area (Å²) in [5.74, 6) is 1.17. The first-order valence-corrected chi connectivity index (χ1v) is 4.51. The van der Waals surface area contributed by atoms with E-state index in [-0.39, 0.29) is 12.2 Å². The summed E-state index contributed by atoms with van der Waals surface area (Å²) in [6, 6.07) is 0. The number of aliphatic hydroxyl groups is 1. The van der Waals surface area contributed by atoms with Gasteiger partial charge in [-0.25, -0.2) is 0 Å². The Morgan fingerprint density at radius 2 is 2.17 bits per heavy atom. The van der Waals surface area contributed by atoms with Crippen LogP contribution < -0.4 is 0 Å². The van der Waals surface area contributed by atoms with E-state index >= 15 is 0 Å². The quantitative estimate of drug-likeness (QED) is 0.591. The molecule has 4 bridgehead atoms. The summed E-state index contributed by atoms with van der Waals surface area (Å²) in [5, 5.41) is 9.79.